The Morgan fingerprint density at radius 3 is 2.49 bits per heavy atom. The predicted molar refractivity (Wildman–Crippen MR) is 197 cm³/mol. The topological polar surface area (TPSA) is 148 Å². The maximum absolute atomic E-state index is 14.6. The molecule has 3 aromatic carbocycles. The first-order chi connectivity index (χ1) is 25.5. The quantitative estimate of drug-likeness (QED) is 0.205. The van der Waals surface area contributed by atoms with Gasteiger partial charge in [-0.1, -0.05) is 60.2 Å². The van der Waals surface area contributed by atoms with Gasteiger partial charge in [0.1, 0.15) is 18.0 Å². The van der Waals surface area contributed by atoms with E-state index in [2.05, 4.69) is 16.9 Å². The summed E-state index contributed by atoms with van der Waals surface area (Å²) >= 11 is 0. The van der Waals surface area contributed by atoms with Crippen LogP contribution in [-0.4, -0.2) is 92.0 Å². The van der Waals surface area contributed by atoms with Crippen molar-refractivity contribution >= 4 is 38.8 Å². The van der Waals surface area contributed by atoms with Crippen LogP contribution < -0.4 is 5.32 Å². The van der Waals surface area contributed by atoms with Crippen molar-refractivity contribution in [3.05, 3.63) is 138 Å². The zero-order valence-electron chi connectivity index (χ0n) is 29.1. The van der Waals surface area contributed by atoms with Gasteiger partial charge in [0.25, 0.3) is 10.0 Å². The molecule has 2 aliphatic heterocycles. The lowest BCUT2D eigenvalue weighted by molar-refractivity contribution is -0.189. The molecular formula is C39H39N7O6S. The third-order valence-electron chi connectivity index (χ3n) is 9.59. The average molecular weight is 734 g/mol. The fourth-order valence-electron chi connectivity index (χ4n) is 7.04. The number of pyridine rings is 1. The molecule has 272 valence electrons. The van der Waals surface area contributed by atoms with Gasteiger partial charge in [-0.15, -0.1) is 6.58 Å². The van der Waals surface area contributed by atoms with E-state index in [1.807, 2.05) is 25.1 Å². The Kier molecular flexibility index (Phi) is 9.73. The lowest BCUT2D eigenvalue weighted by atomic mass is 9.98. The molecular weight excluding hydrogens is 695 g/mol. The normalized spacial score (nSPS) is 17.9. The monoisotopic (exact) mass is 733 g/mol. The Hall–Kier alpha value is -5.99. The fraction of sp³-hybridized carbons (Fsp3) is 0.231. The maximum atomic E-state index is 14.6. The van der Waals surface area contributed by atoms with Crippen molar-refractivity contribution in [1.29, 1.82) is 0 Å². The van der Waals surface area contributed by atoms with E-state index in [1.54, 1.807) is 82.8 Å². The molecule has 5 aromatic rings. The van der Waals surface area contributed by atoms with Gasteiger partial charge in [-0.25, -0.2) is 27.2 Å². The second-order valence-corrected chi connectivity index (χ2v) is 14.9. The van der Waals surface area contributed by atoms with Crippen molar-refractivity contribution in [2.75, 3.05) is 19.6 Å². The number of aryl methyl sites for hydroxylation is 1. The minimum absolute atomic E-state index is 0.000927. The summed E-state index contributed by atoms with van der Waals surface area (Å²) in [6.07, 6.45) is 3.95. The Labute approximate surface area is 307 Å². The highest BCUT2D eigenvalue weighted by molar-refractivity contribution is 7.90. The van der Waals surface area contributed by atoms with Gasteiger partial charge in [-0.05, 0) is 60.5 Å². The first-order valence-electron chi connectivity index (χ1n) is 17.2. The van der Waals surface area contributed by atoms with Gasteiger partial charge in [0, 0.05) is 37.3 Å². The van der Waals surface area contributed by atoms with E-state index in [9.17, 15) is 27.9 Å². The average Bonchev–Trinajstić information content (AvgIpc) is 3.60. The van der Waals surface area contributed by atoms with Gasteiger partial charge in [-0.2, -0.15) is 0 Å². The molecule has 0 spiro atoms. The number of phenolic OH excluding ortho intramolecular Hbond substituents is 1. The minimum atomic E-state index is -4.00. The standard InChI is InChI=1S/C39H39N7O6S/c1-3-20-43-26-36(48)45-34(22-28-12-14-32(47)15-13-28)38(49)42(25-35(45)46(43)39(50)41-23-31-9-4-5-19-40-31)24-30-8-6-7-29-18-21-44(37(29)30)53(51,52)33-16-10-27(2)11-17-33/h3-19,21,34-35,47H,1,20,22-26H2,2H3,(H,41,50)/t34-,35-/m0/s1. The highest BCUT2D eigenvalue weighted by Crippen LogP contribution is 2.32. The number of nitrogens with one attached hydrogen (secondary N) is 1. The smallest absolute Gasteiger partial charge is 0.334 e. The molecule has 4 amide bonds. The van der Waals surface area contributed by atoms with Crippen LogP contribution in [0.1, 0.15) is 22.4 Å². The number of hydrazine groups is 1. The van der Waals surface area contributed by atoms with E-state index in [1.165, 1.54) is 32.2 Å². The first kappa shape index (κ1) is 35.4. The number of aromatic nitrogens is 2. The first-order valence-corrected chi connectivity index (χ1v) is 18.6. The van der Waals surface area contributed by atoms with Crippen LogP contribution in [0.3, 0.4) is 0 Å². The number of piperazine rings is 1. The van der Waals surface area contributed by atoms with Crippen molar-refractivity contribution in [2.45, 2.75) is 43.5 Å². The summed E-state index contributed by atoms with van der Waals surface area (Å²) in [5.74, 6) is -0.627. The van der Waals surface area contributed by atoms with Crippen LogP contribution in [0.25, 0.3) is 10.9 Å². The molecule has 7 rings (SSSR count). The molecule has 0 saturated carbocycles. The minimum Gasteiger partial charge on any atom is -0.508 e. The summed E-state index contributed by atoms with van der Waals surface area (Å²) in [7, 11) is -4.00. The number of para-hydroxylation sites is 1. The van der Waals surface area contributed by atoms with E-state index >= 15 is 0 Å². The highest BCUT2D eigenvalue weighted by atomic mass is 32.2. The largest absolute Gasteiger partial charge is 0.508 e. The molecule has 0 aliphatic carbocycles. The van der Waals surface area contributed by atoms with Crippen LogP contribution >= 0.6 is 0 Å². The number of fused-ring (bicyclic) bond motifs is 2. The Balaban J connectivity index is 1.28. The lowest BCUT2D eigenvalue weighted by Gasteiger charge is -2.55. The summed E-state index contributed by atoms with van der Waals surface area (Å²) in [5.41, 5.74) is 3.27. The van der Waals surface area contributed by atoms with Crippen LogP contribution in [0.5, 0.6) is 5.75 Å². The number of phenols is 1. The molecule has 2 fully saturated rings. The molecule has 0 unspecified atom stereocenters. The van der Waals surface area contributed by atoms with Gasteiger partial charge in [0.15, 0.2) is 0 Å². The van der Waals surface area contributed by atoms with Crippen molar-refractivity contribution in [3.8, 4) is 5.75 Å². The number of hydrogen-bond acceptors (Lipinski definition) is 8. The summed E-state index contributed by atoms with van der Waals surface area (Å²) in [5, 5.41) is 16.6. The van der Waals surface area contributed by atoms with Crippen molar-refractivity contribution in [1.82, 2.24) is 34.1 Å². The molecule has 14 heteroatoms. The third-order valence-corrected chi connectivity index (χ3v) is 11.3. The van der Waals surface area contributed by atoms with Crippen LogP contribution in [0.2, 0.25) is 0 Å². The molecule has 2 N–H and O–H groups in total. The van der Waals surface area contributed by atoms with Crippen LogP contribution in [0.15, 0.2) is 121 Å². The molecule has 2 aromatic heterocycles. The van der Waals surface area contributed by atoms with E-state index in [-0.39, 0.29) is 61.6 Å². The Bertz CT molecular complexity index is 2280. The fourth-order valence-corrected chi connectivity index (χ4v) is 8.43. The zero-order valence-corrected chi connectivity index (χ0v) is 29.9. The number of urea groups is 1. The number of amides is 4. The molecule has 13 nitrogen and oxygen atoms in total. The summed E-state index contributed by atoms with van der Waals surface area (Å²) in [4.78, 5) is 50.2. The number of rotatable bonds is 10. The molecule has 53 heavy (non-hydrogen) atoms. The van der Waals surface area contributed by atoms with Crippen molar-refractivity contribution in [3.63, 3.8) is 0 Å². The van der Waals surface area contributed by atoms with Gasteiger partial charge >= 0.3 is 6.03 Å². The second kappa shape index (κ2) is 14.6. The Morgan fingerprint density at radius 1 is 1.00 bits per heavy atom. The van der Waals surface area contributed by atoms with E-state index in [0.29, 0.717) is 27.7 Å². The third kappa shape index (κ3) is 6.98. The molecule has 2 saturated heterocycles. The van der Waals surface area contributed by atoms with E-state index < -0.39 is 28.3 Å². The number of carbonyl (C=O) groups is 3. The number of carbonyl (C=O) groups excluding carboxylic acids is 3. The van der Waals surface area contributed by atoms with Crippen LogP contribution in [-0.2, 0) is 39.1 Å². The molecule has 0 bridgehead atoms. The zero-order chi connectivity index (χ0) is 37.3. The van der Waals surface area contributed by atoms with Crippen LogP contribution in [0.4, 0.5) is 4.79 Å². The summed E-state index contributed by atoms with van der Waals surface area (Å²) in [6, 6.07) is 24.1. The molecule has 4 heterocycles. The molecule has 2 atom stereocenters. The number of hydrogen-bond donors (Lipinski definition) is 2. The van der Waals surface area contributed by atoms with Gasteiger partial charge in [0.2, 0.25) is 11.8 Å². The summed E-state index contributed by atoms with van der Waals surface area (Å²) < 4.78 is 29.2. The number of aromatic hydroxyl groups is 1. The van der Waals surface area contributed by atoms with Gasteiger partial charge in [-0.3, -0.25) is 14.6 Å². The van der Waals surface area contributed by atoms with Crippen molar-refractivity contribution in [2.24, 2.45) is 0 Å². The van der Waals surface area contributed by atoms with E-state index in [4.69, 9.17) is 0 Å². The SMILES string of the molecule is C=CCN1CC(=O)N2[C@@H](Cc3ccc(O)cc3)C(=O)N(Cc3cccc4ccn(S(=O)(=O)c5ccc(C)cc5)c34)C[C@@H]2N1C(=O)NCc1ccccn1. The molecule has 0 radical (unpaired) electrons. The lowest BCUT2D eigenvalue weighted by Crippen LogP contribution is -2.76. The van der Waals surface area contributed by atoms with Crippen molar-refractivity contribution < 1.29 is 27.9 Å². The number of nitrogens with zero attached hydrogens (tertiary/aromatic N) is 6. The van der Waals surface area contributed by atoms with Gasteiger partial charge < -0.3 is 20.2 Å². The van der Waals surface area contributed by atoms with Gasteiger partial charge in [0.05, 0.1) is 35.7 Å². The molecule has 2 aliphatic rings. The maximum Gasteiger partial charge on any atom is 0.334 e. The van der Waals surface area contributed by atoms with Crippen LogP contribution in [0, 0.1) is 6.92 Å². The highest BCUT2D eigenvalue weighted by Gasteiger charge is 2.51. The summed E-state index contributed by atoms with van der Waals surface area (Å²) in [6.45, 7) is 5.82. The second-order valence-electron chi connectivity index (χ2n) is 13.1. The predicted octanol–water partition coefficient (Wildman–Crippen LogP) is 4.02. The van der Waals surface area contributed by atoms with E-state index in [0.717, 1.165) is 5.56 Å². The Morgan fingerprint density at radius 2 is 1.77 bits per heavy atom. The number of benzene rings is 3.